The third-order valence-corrected chi connectivity index (χ3v) is 10.6. The Balaban J connectivity index is 1.18. The first-order chi connectivity index (χ1) is 23.0. The van der Waals surface area contributed by atoms with E-state index in [0.717, 1.165) is 85.2 Å². The van der Waals surface area contributed by atoms with E-state index in [-0.39, 0.29) is 12.1 Å². The molecule has 0 amide bonds. The fourth-order valence-corrected chi connectivity index (χ4v) is 8.14. The van der Waals surface area contributed by atoms with Crippen LogP contribution in [-0.2, 0) is 22.5 Å². The normalized spacial score (nSPS) is 17.5. The topological polar surface area (TPSA) is 40.2 Å². The molecule has 0 atom stereocenters. The van der Waals surface area contributed by atoms with Crippen LogP contribution in [0.3, 0.4) is 0 Å². The van der Waals surface area contributed by atoms with Crippen molar-refractivity contribution in [1.82, 2.24) is 0 Å². The second kappa shape index (κ2) is 13.5. The van der Waals surface area contributed by atoms with Crippen molar-refractivity contribution in [2.75, 3.05) is 39.3 Å². The summed E-state index contributed by atoms with van der Waals surface area (Å²) in [6.45, 7) is 2.16. The molecule has 3 aliphatic rings. The van der Waals surface area contributed by atoms with E-state index in [1.807, 2.05) is 36.4 Å². The smallest absolute Gasteiger partial charge is 0.159 e. The molecule has 0 unspecified atom stereocenters. The van der Waals surface area contributed by atoms with Crippen molar-refractivity contribution >= 4 is 16.8 Å². The van der Waals surface area contributed by atoms with Crippen LogP contribution in [0.25, 0.3) is 11.1 Å². The Morgan fingerprint density at radius 2 is 1.51 bits per heavy atom. The second-order valence-corrected chi connectivity index (χ2v) is 13.3. The standard InChI is InChI=1S/C41H44FNO4/c1-44-38-24-37(43-20-18-41(19-21-43)25-31(26-41)40(45-2)46-3)36(42)23-35(38)39-33(29-12-8-5-9-13-29)16-14-30-22-32(15-17-34(30)39)47-27-28-10-6-4-7-11-28/h4-13,15,17,22-24,31,40H,14,16,18-21,25-27H2,1-3H3. The van der Waals surface area contributed by atoms with Crippen molar-refractivity contribution in [2.45, 2.75) is 51.4 Å². The maximum absolute atomic E-state index is 16.3. The highest BCUT2D eigenvalue weighted by Gasteiger charge is 2.49. The fraction of sp³-hybridized carbons (Fsp3) is 0.366. The van der Waals surface area contributed by atoms with Crippen LogP contribution < -0.4 is 14.4 Å². The Hall–Kier alpha value is -4.13. The van der Waals surface area contributed by atoms with Crippen LogP contribution in [0.15, 0.2) is 91.0 Å². The van der Waals surface area contributed by atoms with Crippen molar-refractivity contribution in [3.63, 3.8) is 0 Å². The molecule has 7 rings (SSSR count). The minimum atomic E-state index is -0.211. The number of ether oxygens (including phenoxy) is 4. The molecule has 0 aromatic heterocycles. The van der Waals surface area contributed by atoms with Crippen LogP contribution >= 0.6 is 0 Å². The van der Waals surface area contributed by atoms with Gasteiger partial charge in [-0.2, -0.15) is 0 Å². The highest BCUT2D eigenvalue weighted by atomic mass is 19.1. The van der Waals surface area contributed by atoms with Crippen LogP contribution in [0.2, 0.25) is 0 Å². The lowest BCUT2D eigenvalue weighted by Gasteiger charge is -2.54. The molecule has 2 fully saturated rings. The fourth-order valence-electron chi connectivity index (χ4n) is 8.14. The summed E-state index contributed by atoms with van der Waals surface area (Å²) < 4.78 is 39.6. The van der Waals surface area contributed by atoms with Gasteiger partial charge in [-0.15, -0.1) is 0 Å². The highest BCUT2D eigenvalue weighted by molar-refractivity contribution is 6.02. The molecule has 1 heterocycles. The Morgan fingerprint density at radius 1 is 0.809 bits per heavy atom. The summed E-state index contributed by atoms with van der Waals surface area (Å²) in [7, 11) is 5.12. The molecule has 47 heavy (non-hydrogen) atoms. The number of halogens is 1. The first-order valence-electron chi connectivity index (χ1n) is 16.8. The lowest BCUT2D eigenvalue weighted by atomic mass is 9.57. The van der Waals surface area contributed by atoms with Gasteiger partial charge in [0.25, 0.3) is 0 Å². The number of allylic oxidation sites excluding steroid dienone is 1. The van der Waals surface area contributed by atoms with Crippen LogP contribution in [0, 0.1) is 17.2 Å². The third-order valence-electron chi connectivity index (χ3n) is 10.6. The van der Waals surface area contributed by atoms with Crippen molar-refractivity contribution < 1.29 is 23.3 Å². The predicted molar refractivity (Wildman–Crippen MR) is 185 cm³/mol. The molecule has 6 heteroatoms. The minimum Gasteiger partial charge on any atom is -0.496 e. The molecule has 4 aromatic rings. The second-order valence-electron chi connectivity index (χ2n) is 13.3. The molecule has 1 aliphatic heterocycles. The monoisotopic (exact) mass is 633 g/mol. The SMILES string of the molecule is COc1cc(N2CCC3(CC2)CC(C(OC)OC)C3)c(F)cc1C1=C(c2ccccc2)CCc2cc(OCc3ccccc3)ccc21. The van der Waals surface area contributed by atoms with Gasteiger partial charge in [-0.05, 0) is 95.5 Å². The molecule has 244 valence electrons. The van der Waals surface area contributed by atoms with Gasteiger partial charge in [-0.25, -0.2) is 4.39 Å². The van der Waals surface area contributed by atoms with Gasteiger partial charge in [0.2, 0.25) is 0 Å². The Labute approximate surface area is 277 Å². The van der Waals surface area contributed by atoms with E-state index in [1.165, 1.54) is 11.1 Å². The average molecular weight is 634 g/mol. The van der Waals surface area contributed by atoms with Crippen molar-refractivity contribution in [1.29, 1.82) is 0 Å². The predicted octanol–water partition coefficient (Wildman–Crippen LogP) is 8.93. The molecular weight excluding hydrogens is 589 g/mol. The molecule has 0 radical (unpaired) electrons. The molecular formula is C41H44FNO4. The lowest BCUT2D eigenvalue weighted by Crippen LogP contribution is -2.50. The van der Waals surface area contributed by atoms with Gasteiger partial charge in [0.05, 0.1) is 12.8 Å². The number of nitrogens with zero attached hydrogens (tertiary/aromatic N) is 1. The minimum absolute atomic E-state index is 0.138. The number of benzene rings is 4. The molecule has 0 N–H and O–H groups in total. The van der Waals surface area contributed by atoms with E-state index in [0.29, 0.717) is 29.4 Å². The summed E-state index contributed by atoms with van der Waals surface area (Å²) in [6, 6.07) is 30.6. The number of methoxy groups -OCH3 is 3. The Kier molecular flexibility index (Phi) is 9.07. The highest BCUT2D eigenvalue weighted by Crippen LogP contribution is 2.55. The van der Waals surface area contributed by atoms with Gasteiger partial charge in [0.1, 0.15) is 23.9 Å². The zero-order chi connectivity index (χ0) is 32.4. The number of piperidine rings is 1. The molecule has 5 nitrogen and oxygen atoms in total. The van der Waals surface area contributed by atoms with E-state index in [2.05, 4.69) is 53.4 Å². The Bertz CT molecular complexity index is 1720. The average Bonchev–Trinajstić information content (AvgIpc) is 3.11. The van der Waals surface area contributed by atoms with Crippen molar-refractivity contribution in [3.8, 4) is 11.5 Å². The maximum atomic E-state index is 16.3. The molecule has 2 aliphatic carbocycles. The summed E-state index contributed by atoms with van der Waals surface area (Å²) >= 11 is 0. The van der Waals surface area contributed by atoms with Crippen LogP contribution in [0.4, 0.5) is 10.1 Å². The number of aryl methyl sites for hydroxylation is 1. The van der Waals surface area contributed by atoms with Gasteiger partial charge in [0, 0.05) is 44.9 Å². The summed E-state index contributed by atoms with van der Waals surface area (Å²) in [5.74, 6) is 1.75. The van der Waals surface area contributed by atoms with Crippen LogP contribution in [-0.4, -0.2) is 40.7 Å². The lowest BCUT2D eigenvalue weighted by molar-refractivity contribution is -0.184. The molecule has 0 bridgehead atoms. The van der Waals surface area contributed by atoms with Gasteiger partial charge in [-0.1, -0.05) is 66.7 Å². The molecule has 1 saturated carbocycles. The number of hydrogen-bond acceptors (Lipinski definition) is 5. The first-order valence-corrected chi connectivity index (χ1v) is 16.8. The molecule has 1 spiro atoms. The van der Waals surface area contributed by atoms with Gasteiger partial charge in [0.15, 0.2) is 6.29 Å². The summed E-state index contributed by atoms with van der Waals surface area (Å²) in [5, 5.41) is 0. The maximum Gasteiger partial charge on any atom is 0.159 e. The van der Waals surface area contributed by atoms with E-state index in [4.69, 9.17) is 18.9 Å². The van der Waals surface area contributed by atoms with E-state index >= 15 is 4.39 Å². The molecule has 1 saturated heterocycles. The first kappa shape index (κ1) is 31.5. The van der Waals surface area contributed by atoms with Gasteiger partial charge < -0.3 is 23.8 Å². The number of anilines is 1. The van der Waals surface area contributed by atoms with Gasteiger partial charge >= 0.3 is 0 Å². The molecule has 4 aromatic carbocycles. The summed E-state index contributed by atoms with van der Waals surface area (Å²) in [4.78, 5) is 2.20. The zero-order valence-electron chi connectivity index (χ0n) is 27.6. The Morgan fingerprint density at radius 3 is 2.19 bits per heavy atom. The summed E-state index contributed by atoms with van der Waals surface area (Å²) in [6.07, 6.45) is 5.86. The largest absolute Gasteiger partial charge is 0.496 e. The van der Waals surface area contributed by atoms with E-state index in [9.17, 15) is 0 Å². The third kappa shape index (κ3) is 6.29. The van der Waals surface area contributed by atoms with Crippen molar-refractivity contribution in [3.05, 3.63) is 125 Å². The van der Waals surface area contributed by atoms with E-state index < -0.39 is 0 Å². The van der Waals surface area contributed by atoms with Crippen molar-refractivity contribution in [2.24, 2.45) is 11.3 Å². The summed E-state index contributed by atoms with van der Waals surface area (Å²) in [5.41, 5.74) is 8.50. The van der Waals surface area contributed by atoms with Crippen LogP contribution in [0.5, 0.6) is 11.5 Å². The number of rotatable bonds is 10. The van der Waals surface area contributed by atoms with E-state index in [1.54, 1.807) is 27.4 Å². The quantitative estimate of drug-likeness (QED) is 0.163. The van der Waals surface area contributed by atoms with Gasteiger partial charge in [-0.3, -0.25) is 0 Å². The number of hydrogen-bond donors (Lipinski definition) is 0. The van der Waals surface area contributed by atoms with Crippen LogP contribution in [0.1, 0.15) is 59.9 Å². The zero-order valence-corrected chi connectivity index (χ0v) is 27.6. The number of fused-ring (bicyclic) bond motifs is 1.